The van der Waals surface area contributed by atoms with Crippen molar-refractivity contribution in [3.05, 3.63) is 29.8 Å². The third-order valence-corrected chi connectivity index (χ3v) is 7.47. The summed E-state index contributed by atoms with van der Waals surface area (Å²) in [6.45, 7) is 2.18. The Hall–Kier alpha value is -3.22. The fraction of sp³-hybridized carbons (Fsp3) is 0.600. The molecule has 188 valence electrons. The number of rotatable bonds is 7. The van der Waals surface area contributed by atoms with E-state index in [9.17, 15) is 28.4 Å². The average molecular weight is 488 g/mol. The van der Waals surface area contributed by atoms with Crippen LogP contribution in [-0.2, 0) is 14.4 Å². The average Bonchev–Trinajstić information content (AvgIpc) is 2.86. The molecular weight excluding hydrogens is 456 g/mol. The predicted octanol–water partition coefficient (Wildman–Crippen LogP) is 2.46. The Morgan fingerprint density at radius 2 is 1.97 bits per heavy atom. The van der Waals surface area contributed by atoms with Crippen LogP contribution < -0.4 is 16.0 Å². The molecular formula is C25H31F2N5O3. The van der Waals surface area contributed by atoms with E-state index >= 15 is 0 Å². The molecule has 4 aliphatic rings. The molecule has 3 heterocycles. The highest BCUT2D eigenvalue weighted by molar-refractivity contribution is 5.92. The number of hydrogen-bond acceptors (Lipinski definition) is 5. The van der Waals surface area contributed by atoms with E-state index in [4.69, 9.17) is 0 Å². The van der Waals surface area contributed by atoms with Gasteiger partial charge in [0.1, 0.15) is 29.8 Å². The van der Waals surface area contributed by atoms with Gasteiger partial charge < -0.3 is 20.9 Å². The van der Waals surface area contributed by atoms with Gasteiger partial charge in [-0.25, -0.2) is 8.78 Å². The van der Waals surface area contributed by atoms with Gasteiger partial charge in [-0.1, -0.05) is 0 Å². The Morgan fingerprint density at radius 3 is 2.66 bits per heavy atom. The highest BCUT2D eigenvalue weighted by atomic mass is 19.1. The first-order valence-electron chi connectivity index (χ1n) is 12.3. The molecule has 3 amide bonds. The molecule has 3 aliphatic heterocycles. The van der Waals surface area contributed by atoms with Crippen molar-refractivity contribution in [1.29, 1.82) is 5.26 Å². The van der Waals surface area contributed by atoms with Crippen molar-refractivity contribution < 1.29 is 23.2 Å². The van der Waals surface area contributed by atoms with Crippen molar-refractivity contribution in [2.45, 2.75) is 76.0 Å². The van der Waals surface area contributed by atoms with Crippen molar-refractivity contribution in [2.75, 3.05) is 11.9 Å². The van der Waals surface area contributed by atoms with Crippen molar-refractivity contribution >= 4 is 23.4 Å². The van der Waals surface area contributed by atoms with Crippen molar-refractivity contribution in [3.8, 4) is 6.07 Å². The van der Waals surface area contributed by atoms with Crippen molar-refractivity contribution in [2.24, 2.45) is 11.8 Å². The lowest BCUT2D eigenvalue weighted by atomic mass is 9.74. The van der Waals surface area contributed by atoms with Crippen LogP contribution in [0.4, 0.5) is 14.5 Å². The number of halogens is 2. The molecule has 35 heavy (non-hydrogen) atoms. The number of carbonyl (C=O) groups excluding carboxylic acids is 3. The van der Waals surface area contributed by atoms with Crippen LogP contribution in [0.1, 0.15) is 51.9 Å². The van der Waals surface area contributed by atoms with E-state index in [0.717, 1.165) is 50.3 Å². The van der Waals surface area contributed by atoms with Crippen molar-refractivity contribution in [3.63, 3.8) is 0 Å². The van der Waals surface area contributed by atoms with E-state index in [0.29, 0.717) is 13.0 Å². The third-order valence-electron chi connectivity index (χ3n) is 7.47. The van der Waals surface area contributed by atoms with Gasteiger partial charge in [-0.05, 0) is 76.0 Å². The summed E-state index contributed by atoms with van der Waals surface area (Å²) in [6, 6.07) is 2.46. The summed E-state index contributed by atoms with van der Waals surface area (Å²) in [5.41, 5.74) is -0.121. The van der Waals surface area contributed by atoms with Gasteiger partial charge in [0.15, 0.2) is 0 Å². The summed E-state index contributed by atoms with van der Waals surface area (Å²) in [6.07, 6.45) is 4.85. The largest absolute Gasteiger partial charge is 0.371 e. The van der Waals surface area contributed by atoms with Gasteiger partial charge in [0.2, 0.25) is 17.7 Å². The zero-order valence-electron chi connectivity index (χ0n) is 19.7. The molecule has 4 fully saturated rings. The quantitative estimate of drug-likeness (QED) is 0.547. The van der Waals surface area contributed by atoms with E-state index in [1.54, 1.807) is 11.8 Å². The van der Waals surface area contributed by atoms with Crippen molar-refractivity contribution in [1.82, 2.24) is 15.5 Å². The minimum atomic E-state index is -0.890. The first kappa shape index (κ1) is 24.9. The summed E-state index contributed by atoms with van der Waals surface area (Å²) in [5, 5.41) is 18.0. The molecule has 4 atom stereocenters. The number of carbonyl (C=O) groups is 3. The minimum Gasteiger partial charge on any atom is -0.371 e. The lowest BCUT2D eigenvalue weighted by Gasteiger charge is -2.51. The SMILES string of the molecule is C[C@H](Nc1cc(F)ccc1F)C(=O)N1C2CCC(CC2)C1C(=O)NC(C#N)CC1CCCNC1=O. The van der Waals surface area contributed by atoms with E-state index in [-0.39, 0.29) is 41.8 Å². The minimum absolute atomic E-state index is 0.0422. The maximum Gasteiger partial charge on any atom is 0.245 e. The number of piperidine rings is 3. The standard InChI is InChI=1S/C25H31F2N5O3/c1-14(30-21-12-17(26)6-9-20(21)27)25(35)32-19-7-4-15(5-8-19)22(32)24(34)31-18(13-28)11-16-3-2-10-29-23(16)33/h6,9,12,14-16,18-19,22,30H,2-5,7-8,10-11H2,1H3,(H,29,33)(H,31,34)/t14-,15?,16?,18?,19?,22?/m0/s1. The number of benzene rings is 1. The number of nitriles is 1. The fourth-order valence-electron chi connectivity index (χ4n) is 5.68. The Labute approximate surface area is 203 Å². The van der Waals surface area contributed by atoms with Gasteiger partial charge in [-0.15, -0.1) is 0 Å². The molecule has 3 saturated heterocycles. The number of anilines is 1. The summed E-state index contributed by atoms with van der Waals surface area (Å²) in [5.74, 6) is -2.56. The third kappa shape index (κ3) is 5.39. The van der Waals surface area contributed by atoms with Gasteiger partial charge in [-0.2, -0.15) is 5.26 Å². The van der Waals surface area contributed by atoms with E-state index in [1.807, 2.05) is 0 Å². The van der Waals surface area contributed by atoms with Crippen LogP contribution in [0, 0.1) is 34.8 Å². The highest BCUT2D eigenvalue weighted by Crippen LogP contribution is 2.40. The molecule has 3 N–H and O–H groups in total. The normalized spacial score (nSPS) is 27.4. The highest BCUT2D eigenvalue weighted by Gasteiger charge is 2.48. The molecule has 0 spiro atoms. The zero-order chi connectivity index (χ0) is 25.1. The second-order valence-corrected chi connectivity index (χ2v) is 9.81. The summed E-state index contributed by atoms with van der Waals surface area (Å²) >= 11 is 0. The summed E-state index contributed by atoms with van der Waals surface area (Å²) in [4.78, 5) is 40.5. The van der Waals surface area contributed by atoms with Crippen LogP contribution in [0.25, 0.3) is 0 Å². The number of fused-ring (bicyclic) bond motifs is 3. The maximum atomic E-state index is 14.1. The molecule has 0 radical (unpaired) electrons. The van der Waals surface area contributed by atoms with Crippen LogP contribution in [0.5, 0.6) is 0 Å². The first-order chi connectivity index (χ1) is 16.8. The van der Waals surface area contributed by atoms with E-state index in [2.05, 4.69) is 22.0 Å². The van der Waals surface area contributed by atoms with Gasteiger partial charge in [0.25, 0.3) is 0 Å². The molecule has 5 rings (SSSR count). The molecule has 8 nitrogen and oxygen atoms in total. The Bertz CT molecular complexity index is 1020. The lowest BCUT2D eigenvalue weighted by molar-refractivity contribution is -0.154. The number of nitrogens with zero attached hydrogens (tertiary/aromatic N) is 2. The fourth-order valence-corrected chi connectivity index (χ4v) is 5.68. The lowest BCUT2D eigenvalue weighted by Crippen LogP contribution is -2.65. The second-order valence-electron chi connectivity index (χ2n) is 9.81. The molecule has 1 saturated carbocycles. The van der Waals surface area contributed by atoms with Crippen LogP contribution in [0.15, 0.2) is 18.2 Å². The van der Waals surface area contributed by atoms with Crippen LogP contribution in [-0.4, -0.2) is 53.3 Å². The van der Waals surface area contributed by atoms with Crippen LogP contribution in [0.3, 0.4) is 0 Å². The molecule has 1 aromatic rings. The van der Waals surface area contributed by atoms with E-state index in [1.165, 1.54) is 0 Å². The first-order valence-corrected chi connectivity index (χ1v) is 12.3. The molecule has 1 aromatic carbocycles. The zero-order valence-corrected chi connectivity index (χ0v) is 19.7. The molecule has 10 heteroatoms. The van der Waals surface area contributed by atoms with Gasteiger partial charge in [-0.3, -0.25) is 14.4 Å². The molecule has 3 unspecified atom stereocenters. The number of amides is 3. The number of hydrogen-bond donors (Lipinski definition) is 3. The molecule has 0 aromatic heterocycles. The van der Waals surface area contributed by atoms with E-state index < -0.39 is 35.7 Å². The Balaban J connectivity index is 1.47. The Kier molecular flexibility index (Phi) is 7.53. The summed E-state index contributed by atoms with van der Waals surface area (Å²) in [7, 11) is 0. The van der Waals surface area contributed by atoms with Crippen LogP contribution in [0.2, 0.25) is 0 Å². The van der Waals surface area contributed by atoms with Gasteiger partial charge in [0.05, 0.1) is 11.8 Å². The smallest absolute Gasteiger partial charge is 0.245 e. The monoisotopic (exact) mass is 487 g/mol. The number of nitrogens with one attached hydrogen (secondary N) is 3. The Morgan fingerprint density at radius 1 is 1.23 bits per heavy atom. The van der Waals surface area contributed by atoms with Crippen LogP contribution >= 0.6 is 0 Å². The topological polar surface area (TPSA) is 114 Å². The molecule has 2 bridgehead atoms. The van der Waals surface area contributed by atoms with Gasteiger partial charge in [0, 0.05) is 18.5 Å². The summed E-state index contributed by atoms with van der Waals surface area (Å²) < 4.78 is 27.7. The maximum absolute atomic E-state index is 14.1. The molecule has 1 aliphatic carbocycles. The van der Waals surface area contributed by atoms with Gasteiger partial charge >= 0.3 is 0 Å². The predicted molar refractivity (Wildman–Crippen MR) is 124 cm³/mol. The second kappa shape index (κ2) is 10.6.